The predicted molar refractivity (Wildman–Crippen MR) is 109 cm³/mol. The van der Waals surface area contributed by atoms with Gasteiger partial charge in [-0.25, -0.2) is 0 Å². The van der Waals surface area contributed by atoms with Crippen molar-refractivity contribution in [3.05, 3.63) is 102 Å². The molecule has 4 rings (SSSR count). The number of amides is 1. The van der Waals surface area contributed by atoms with E-state index in [0.29, 0.717) is 18.8 Å². The maximum atomic E-state index is 12.8. The Hall–Kier alpha value is -3.74. The summed E-state index contributed by atoms with van der Waals surface area (Å²) < 4.78 is 3.50. The fourth-order valence-corrected chi connectivity index (χ4v) is 3.15. The summed E-state index contributed by atoms with van der Waals surface area (Å²) in [7, 11) is 0. The molecule has 7 heteroatoms. The van der Waals surface area contributed by atoms with E-state index in [9.17, 15) is 4.79 Å². The van der Waals surface area contributed by atoms with E-state index in [0.717, 1.165) is 12.0 Å². The van der Waals surface area contributed by atoms with Crippen LogP contribution < -0.4 is 5.32 Å². The van der Waals surface area contributed by atoms with Gasteiger partial charge in [0.25, 0.3) is 5.91 Å². The highest BCUT2D eigenvalue weighted by molar-refractivity contribution is 5.92. The molecule has 0 aliphatic heterocycles. The Balaban J connectivity index is 1.43. The third-order valence-corrected chi connectivity index (χ3v) is 4.68. The smallest absolute Gasteiger partial charge is 0.274 e. The van der Waals surface area contributed by atoms with Gasteiger partial charge in [0.2, 0.25) is 0 Å². The first kappa shape index (κ1) is 18.6. The summed E-state index contributed by atoms with van der Waals surface area (Å²) in [5.41, 5.74) is 2.53. The van der Waals surface area contributed by atoms with Gasteiger partial charge in [-0.15, -0.1) is 5.10 Å². The summed E-state index contributed by atoms with van der Waals surface area (Å²) in [6.45, 7) is 1.20. The highest BCUT2D eigenvalue weighted by atomic mass is 16.2. The van der Waals surface area contributed by atoms with Crippen molar-refractivity contribution < 1.29 is 4.79 Å². The third-order valence-electron chi connectivity index (χ3n) is 4.68. The average Bonchev–Trinajstić information content (AvgIpc) is 3.45. The lowest BCUT2D eigenvalue weighted by molar-refractivity contribution is 0.0926. The number of aromatic nitrogens is 5. The number of rotatable bonds is 8. The van der Waals surface area contributed by atoms with Crippen molar-refractivity contribution in [3.8, 4) is 0 Å². The minimum absolute atomic E-state index is 0.224. The molecule has 1 unspecified atom stereocenters. The normalized spacial score (nSPS) is 11.9. The van der Waals surface area contributed by atoms with E-state index in [-0.39, 0.29) is 11.9 Å². The maximum Gasteiger partial charge on any atom is 0.274 e. The van der Waals surface area contributed by atoms with Crippen LogP contribution in [0, 0.1) is 0 Å². The molecule has 0 saturated carbocycles. The predicted octanol–water partition coefficient (Wildman–Crippen LogP) is 2.89. The zero-order valence-electron chi connectivity index (χ0n) is 15.9. The van der Waals surface area contributed by atoms with Crippen molar-refractivity contribution in [3.63, 3.8) is 0 Å². The van der Waals surface area contributed by atoms with Crippen LogP contribution in [-0.4, -0.2) is 30.7 Å². The van der Waals surface area contributed by atoms with Crippen molar-refractivity contribution >= 4 is 5.91 Å². The fraction of sp³-hybridized carbons (Fsp3) is 0.182. The molecular weight excluding hydrogens is 364 g/mol. The average molecular weight is 386 g/mol. The van der Waals surface area contributed by atoms with Crippen LogP contribution in [0.15, 0.2) is 85.3 Å². The molecule has 0 fully saturated rings. The van der Waals surface area contributed by atoms with E-state index >= 15 is 0 Å². The first-order valence-electron chi connectivity index (χ1n) is 9.55. The standard InChI is InChI=1S/C22H22N6O/c29-22(21-17-28(26-25-21)15-12-18-8-3-1-4-9-18)24-20(16-27-14-7-13-23-27)19-10-5-2-6-11-19/h1-11,13-14,17,20H,12,15-16H2,(H,24,29). The molecule has 2 aromatic heterocycles. The number of carbonyl (C=O) groups is 1. The van der Waals surface area contributed by atoms with Crippen LogP contribution in [0.25, 0.3) is 0 Å². The number of hydrogen-bond acceptors (Lipinski definition) is 4. The number of aryl methyl sites for hydroxylation is 2. The second-order valence-corrected chi connectivity index (χ2v) is 6.77. The van der Waals surface area contributed by atoms with Gasteiger partial charge >= 0.3 is 0 Å². The quantitative estimate of drug-likeness (QED) is 0.505. The SMILES string of the molecule is O=C(NC(Cn1cccn1)c1ccccc1)c1cn(CCc2ccccc2)nn1. The van der Waals surface area contributed by atoms with Crippen LogP contribution in [0.1, 0.15) is 27.7 Å². The number of benzene rings is 2. The highest BCUT2D eigenvalue weighted by Crippen LogP contribution is 2.15. The van der Waals surface area contributed by atoms with Gasteiger partial charge in [0.15, 0.2) is 5.69 Å². The van der Waals surface area contributed by atoms with Crippen molar-refractivity contribution in [2.24, 2.45) is 0 Å². The minimum Gasteiger partial charge on any atom is -0.342 e. The van der Waals surface area contributed by atoms with Crippen molar-refractivity contribution in [1.29, 1.82) is 0 Å². The van der Waals surface area contributed by atoms with E-state index in [4.69, 9.17) is 0 Å². The summed E-state index contributed by atoms with van der Waals surface area (Å²) in [5, 5.41) is 15.5. The first-order valence-corrected chi connectivity index (χ1v) is 9.55. The molecule has 7 nitrogen and oxygen atoms in total. The second-order valence-electron chi connectivity index (χ2n) is 6.77. The van der Waals surface area contributed by atoms with Crippen molar-refractivity contribution in [2.45, 2.75) is 25.6 Å². The molecule has 2 heterocycles. The Morgan fingerprint density at radius 3 is 2.45 bits per heavy atom. The number of nitrogens with zero attached hydrogens (tertiary/aromatic N) is 5. The number of hydrogen-bond donors (Lipinski definition) is 1. The van der Waals surface area contributed by atoms with Crippen LogP contribution in [0.4, 0.5) is 0 Å². The summed E-state index contributed by atoms with van der Waals surface area (Å²) in [5.74, 6) is -0.253. The Kier molecular flexibility index (Phi) is 5.76. The molecule has 2 aromatic carbocycles. The molecule has 0 radical (unpaired) electrons. The Labute approximate surface area is 169 Å². The molecule has 29 heavy (non-hydrogen) atoms. The Morgan fingerprint density at radius 1 is 0.966 bits per heavy atom. The molecule has 0 bridgehead atoms. The molecular formula is C22H22N6O. The van der Waals surface area contributed by atoms with Gasteiger partial charge < -0.3 is 5.32 Å². The summed E-state index contributed by atoms with van der Waals surface area (Å²) in [6, 6.07) is 21.7. The minimum atomic E-state index is -0.253. The second kappa shape index (κ2) is 8.97. The van der Waals surface area contributed by atoms with Gasteiger partial charge in [0.05, 0.1) is 18.8 Å². The maximum absolute atomic E-state index is 12.8. The monoisotopic (exact) mass is 386 g/mol. The molecule has 4 aromatic rings. The third kappa shape index (κ3) is 4.95. The van der Waals surface area contributed by atoms with Gasteiger partial charge in [0.1, 0.15) is 0 Å². The number of carbonyl (C=O) groups excluding carboxylic acids is 1. The van der Waals surface area contributed by atoms with Crippen LogP contribution >= 0.6 is 0 Å². The fourth-order valence-electron chi connectivity index (χ4n) is 3.15. The lowest BCUT2D eigenvalue weighted by Crippen LogP contribution is -2.31. The van der Waals surface area contributed by atoms with Gasteiger partial charge in [0, 0.05) is 18.9 Å². The van der Waals surface area contributed by atoms with Crippen molar-refractivity contribution in [1.82, 2.24) is 30.1 Å². The van der Waals surface area contributed by atoms with Crippen LogP contribution in [0.2, 0.25) is 0 Å². The van der Waals surface area contributed by atoms with E-state index in [1.807, 2.05) is 60.8 Å². The molecule has 1 N–H and O–H groups in total. The van der Waals surface area contributed by atoms with E-state index in [1.165, 1.54) is 5.56 Å². The summed E-state index contributed by atoms with van der Waals surface area (Å²) in [6.07, 6.45) is 6.12. The van der Waals surface area contributed by atoms with Crippen LogP contribution in [-0.2, 0) is 19.5 Å². The molecule has 146 valence electrons. The van der Waals surface area contributed by atoms with Crippen molar-refractivity contribution in [2.75, 3.05) is 0 Å². The lowest BCUT2D eigenvalue weighted by Gasteiger charge is -2.18. The summed E-state index contributed by atoms with van der Waals surface area (Å²) >= 11 is 0. The van der Waals surface area contributed by atoms with E-state index in [1.54, 1.807) is 21.8 Å². The van der Waals surface area contributed by atoms with Crippen LogP contribution in [0.5, 0.6) is 0 Å². The van der Waals surface area contributed by atoms with Gasteiger partial charge in [-0.3, -0.25) is 14.2 Å². The van der Waals surface area contributed by atoms with E-state index in [2.05, 4.69) is 32.9 Å². The Bertz CT molecular complexity index is 1030. The zero-order chi connectivity index (χ0) is 19.9. The van der Waals surface area contributed by atoms with Gasteiger partial charge in [-0.05, 0) is 23.6 Å². The molecule has 0 aliphatic rings. The molecule has 1 amide bonds. The molecule has 0 spiro atoms. The zero-order valence-corrected chi connectivity index (χ0v) is 15.9. The Morgan fingerprint density at radius 2 is 1.72 bits per heavy atom. The largest absolute Gasteiger partial charge is 0.342 e. The van der Waals surface area contributed by atoms with Gasteiger partial charge in [-0.2, -0.15) is 5.10 Å². The summed E-state index contributed by atoms with van der Waals surface area (Å²) in [4.78, 5) is 12.8. The topological polar surface area (TPSA) is 77.6 Å². The van der Waals surface area contributed by atoms with Crippen LogP contribution in [0.3, 0.4) is 0 Å². The van der Waals surface area contributed by atoms with Gasteiger partial charge in [-0.1, -0.05) is 65.9 Å². The molecule has 0 aliphatic carbocycles. The lowest BCUT2D eigenvalue weighted by atomic mass is 10.1. The molecule has 0 saturated heterocycles. The van der Waals surface area contributed by atoms with E-state index < -0.39 is 0 Å². The number of nitrogens with one attached hydrogen (secondary N) is 1. The molecule has 1 atom stereocenters. The highest BCUT2D eigenvalue weighted by Gasteiger charge is 2.19. The first-order chi connectivity index (χ1) is 14.3.